The molecule has 0 aliphatic rings. The Kier molecular flexibility index (Phi) is 6.12. The maximum atomic E-state index is 12.4. The molecule has 7 heteroatoms. The van der Waals surface area contributed by atoms with E-state index in [0.29, 0.717) is 18.5 Å². The SMILES string of the molecule is CCCN(CCO)S(=O)(=O)c1ccc(C(=O)NC)cc1. The molecule has 1 amide bonds. The molecule has 0 saturated heterocycles. The van der Waals surface area contributed by atoms with E-state index in [-0.39, 0.29) is 24.0 Å². The van der Waals surface area contributed by atoms with Gasteiger partial charge in [-0.2, -0.15) is 4.31 Å². The van der Waals surface area contributed by atoms with E-state index in [1.807, 2.05) is 6.92 Å². The van der Waals surface area contributed by atoms with Gasteiger partial charge in [0.05, 0.1) is 11.5 Å². The Morgan fingerprint density at radius 3 is 2.30 bits per heavy atom. The van der Waals surface area contributed by atoms with Crippen molar-refractivity contribution in [2.75, 3.05) is 26.7 Å². The van der Waals surface area contributed by atoms with Crippen LogP contribution in [0.2, 0.25) is 0 Å². The van der Waals surface area contributed by atoms with Gasteiger partial charge < -0.3 is 10.4 Å². The van der Waals surface area contributed by atoms with Gasteiger partial charge >= 0.3 is 0 Å². The number of amides is 1. The van der Waals surface area contributed by atoms with E-state index < -0.39 is 10.0 Å². The predicted molar refractivity (Wildman–Crippen MR) is 76.0 cm³/mol. The summed E-state index contributed by atoms with van der Waals surface area (Å²) in [6, 6.07) is 5.74. The first-order valence-electron chi connectivity index (χ1n) is 6.40. The lowest BCUT2D eigenvalue weighted by molar-refractivity contribution is 0.0963. The van der Waals surface area contributed by atoms with Gasteiger partial charge in [-0.15, -0.1) is 0 Å². The smallest absolute Gasteiger partial charge is 0.251 e. The van der Waals surface area contributed by atoms with Crippen LogP contribution >= 0.6 is 0 Å². The Morgan fingerprint density at radius 1 is 1.25 bits per heavy atom. The first-order chi connectivity index (χ1) is 9.47. The van der Waals surface area contributed by atoms with Crippen LogP contribution < -0.4 is 5.32 Å². The van der Waals surface area contributed by atoms with Crippen molar-refractivity contribution < 1.29 is 18.3 Å². The maximum Gasteiger partial charge on any atom is 0.251 e. The average molecular weight is 300 g/mol. The molecule has 1 rings (SSSR count). The summed E-state index contributed by atoms with van der Waals surface area (Å²) in [4.78, 5) is 11.5. The third-order valence-electron chi connectivity index (χ3n) is 2.80. The largest absolute Gasteiger partial charge is 0.395 e. The zero-order valence-corrected chi connectivity index (χ0v) is 12.5. The van der Waals surface area contributed by atoms with Gasteiger partial charge in [-0.25, -0.2) is 8.42 Å². The Bertz CT molecular complexity index is 534. The van der Waals surface area contributed by atoms with Gasteiger partial charge in [0.15, 0.2) is 0 Å². The monoisotopic (exact) mass is 300 g/mol. The van der Waals surface area contributed by atoms with E-state index in [1.165, 1.54) is 35.6 Å². The summed E-state index contributed by atoms with van der Waals surface area (Å²) < 4.78 is 26.0. The molecule has 0 spiro atoms. The molecule has 0 atom stereocenters. The first-order valence-corrected chi connectivity index (χ1v) is 7.84. The topological polar surface area (TPSA) is 86.7 Å². The van der Waals surface area contributed by atoms with Crippen molar-refractivity contribution >= 4 is 15.9 Å². The highest BCUT2D eigenvalue weighted by Crippen LogP contribution is 2.16. The van der Waals surface area contributed by atoms with Crippen molar-refractivity contribution in [3.05, 3.63) is 29.8 Å². The Balaban J connectivity index is 3.05. The standard InChI is InChI=1S/C13H20N2O4S/c1-3-8-15(9-10-16)20(18,19)12-6-4-11(5-7-12)13(17)14-2/h4-7,16H,3,8-10H2,1-2H3,(H,14,17). The molecule has 0 aliphatic carbocycles. The molecule has 0 aromatic heterocycles. The highest BCUT2D eigenvalue weighted by atomic mass is 32.2. The van der Waals surface area contributed by atoms with E-state index >= 15 is 0 Å². The molecule has 2 N–H and O–H groups in total. The third kappa shape index (κ3) is 3.78. The van der Waals surface area contributed by atoms with Crippen LogP contribution in [-0.2, 0) is 10.0 Å². The summed E-state index contributed by atoms with van der Waals surface area (Å²) >= 11 is 0. The number of aliphatic hydroxyl groups is 1. The second-order valence-corrected chi connectivity index (χ2v) is 6.17. The molecule has 1 aromatic rings. The number of nitrogens with zero attached hydrogens (tertiary/aromatic N) is 1. The second-order valence-electron chi connectivity index (χ2n) is 4.23. The fourth-order valence-corrected chi connectivity index (χ4v) is 3.31. The van der Waals surface area contributed by atoms with Crippen LogP contribution in [0, 0.1) is 0 Å². The van der Waals surface area contributed by atoms with Gasteiger partial charge in [0.1, 0.15) is 0 Å². The van der Waals surface area contributed by atoms with E-state index in [2.05, 4.69) is 5.32 Å². The molecule has 0 saturated carbocycles. The molecule has 0 fully saturated rings. The maximum absolute atomic E-state index is 12.4. The lowest BCUT2D eigenvalue weighted by Gasteiger charge is -2.20. The van der Waals surface area contributed by atoms with Crippen molar-refractivity contribution in [3.8, 4) is 0 Å². The minimum atomic E-state index is -3.63. The zero-order chi connectivity index (χ0) is 15.2. The van der Waals surface area contributed by atoms with Gasteiger partial charge in [0.25, 0.3) is 5.91 Å². The number of hydrogen-bond donors (Lipinski definition) is 2. The minimum Gasteiger partial charge on any atom is -0.395 e. The van der Waals surface area contributed by atoms with Crippen molar-refractivity contribution in [2.45, 2.75) is 18.2 Å². The molecular weight excluding hydrogens is 280 g/mol. The number of aliphatic hydroxyl groups excluding tert-OH is 1. The summed E-state index contributed by atoms with van der Waals surface area (Å²) in [5.41, 5.74) is 0.399. The lowest BCUT2D eigenvalue weighted by Crippen LogP contribution is -2.34. The average Bonchev–Trinajstić information content (AvgIpc) is 2.46. The van der Waals surface area contributed by atoms with Gasteiger partial charge in [-0.1, -0.05) is 6.92 Å². The summed E-state index contributed by atoms with van der Waals surface area (Å²) in [7, 11) is -2.12. The summed E-state index contributed by atoms with van der Waals surface area (Å²) in [6.07, 6.45) is 0.662. The van der Waals surface area contributed by atoms with Gasteiger partial charge in [0.2, 0.25) is 10.0 Å². The lowest BCUT2D eigenvalue weighted by atomic mass is 10.2. The number of carbonyl (C=O) groups excluding carboxylic acids is 1. The number of sulfonamides is 1. The molecule has 0 unspecified atom stereocenters. The second kappa shape index (κ2) is 7.37. The number of benzene rings is 1. The molecule has 6 nitrogen and oxygen atoms in total. The Morgan fingerprint density at radius 2 is 1.85 bits per heavy atom. The fraction of sp³-hybridized carbons (Fsp3) is 0.462. The molecule has 0 aliphatic heterocycles. The zero-order valence-electron chi connectivity index (χ0n) is 11.7. The molecule has 1 aromatic carbocycles. The Hall–Kier alpha value is -1.44. The highest BCUT2D eigenvalue weighted by molar-refractivity contribution is 7.89. The van der Waals surface area contributed by atoms with Crippen LogP contribution in [0.15, 0.2) is 29.2 Å². The van der Waals surface area contributed by atoms with Crippen molar-refractivity contribution in [1.82, 2.24) is 9.62 Å². The van der Waals surface area contributed by atoms with E-state index in [9.17, 15) is 13.2 Å². The summed E-state index contributed by atoms with van der Waals surface area (Å²) in [6.45, 7) is 2.05. The molecule has 112 valence electrons. The van der Waals surface area contributed by atoms with Crippen LogP contribution in [0.4, 0.5) is 0 Å². The number of nitrogens with one attached hydrogen (secondary N) is 1. The normalized spacial score (nSPS) is 11.6. The highest BCUT2D eigenvalue weighted by Gasteiger charge is 2.23. The fourth-order valence-electron chi connectivity index (χ4n) is 1.78. The molecular formula is C13H20N2O4S. The molecule has 20 heavy (non-hydrogen) atoms. The van der Waals surface area contributed by atoms with Crippen LogP contribution in [0.1, 0.15) is 23.7 Å². The number of rotatable bonds is 7. The summed E-state index contributed by atoms with van der Waals surface area (Å²) in [5, 5.41) is 11.4. The van der Waals surface area contributed by atoms with Crippen molar-refractivity contribution in [3.63, 3.8) is 0 Å². The van der Waals surface area contributed by atoms with E-state index in [0.717, 1.165) is 0 Å². The quantitative estimate of drug-likeness (QED) is 0.765. The van der Waals surface area contributed by atoms with Gasteiger partial charge in [-0.05, 0) is 30.7 Å². The minimum absolute atomic E-state index is 0.0629. The molecule has 0 bridgehead atoms. The Labute approximate surface area is 119 Å². The number of hydrogen-bond acceptors (Lipinski definition) is 4. The van der Waals surface area contributed by atoms with Gasteiger partial charge in [0, 0.05) is 25.7 Å². The van der Waals surface area contributed by atoms with Crippen LogP contribution in [0.3, 0.4) is 0 Å². The molecule has 0 heterocycles. The summed E-state index contributed by atoms with van der Waals surface area (Å²) in [5.74, 6) is -0.269. The third-order valence-corrected chi connectivity index (χ3v) is 4.72. The van der Waals surface area contributed by atoms with Crippen LogP contribution in [-0.4, -0.2) is 50.5 Å². The van der Waals surface area contributed by atoms with Crippen molar-refractivity contribution in [1.29, 1.82) is 0 Å². The van der Waals surface area contributed by atoms with Crippen LogP contribution in [0.25, 0.3) is 0 Å². The van der Waals surface area contributed by atoms with E-state index in [1.54, 1.807) is 0 Å². The van der Waals surface area contributed by atoms with Crippen LogP contribution in [0.5, 0.6) is 0 Å². The first kappa shape index (κ1) is 16.6. The predicted octanol–water partition coefficient (Wildman–Crippen LogP) is 0.439. The number of carbonyl (C=O) groups is 1. The van der Waals surface area contributed by atoms with Crippen molar-refractivity contribution in [2.24, 2.45) is 0 Å². The van der Waals surface area contributed by atoms with E-state index in [4.69, 9.17) is 5.11 Å². The van der Waals surface area contributed by atoms with Gasteiger partial charge in [-0.3, -0.25) is 4.79 Å². The molecule has 0 radical (unpaired) electrons.